The van der Waals surface area contributed by atoms with Crippen molar-refractivity contribution in [2.75, 3.05) is 17.8 Å². The van der Waals surface area contributed by atoms with Gasteiger partial charge in [-0.2, -0.15) is 13.2 Å². The fraction of sp³-hybridized carbons (Fsp3) is 0.304. The monoisotopic (exact) mass is 595 g/mol. The molecule has 3 aromatic rings. The van der Waals surface area contributed by atoms with E-state index in [2.05, 4.69) is 14.6 Å². The number of carboxylic acids is 1. The molecule has 1 aromatic heterocycles. The fourth-order valence-corrected chi connectivity index (χ4v) is 5.51. The van der Waals surface area contributed by atoms with Gasteiger partial charge >= 0.3 is 12.1 Å². The van der Waals surface area contributed by atoms with Crippen LogP contribution in [0.15, 0.2) is 58.9 Å². The quantitative estimate of drug-likeness (QED) is 0.351. The van der Waals surface area contributed by atoms with Gasteiger partial charge in [0.15, 0.2) is 5.13 Å². The third-order valence-electron chi connectivity index (χ3n) is 5.26. The molecular weight excluding hydrogens is 574 g/mol. The average molecular weight is 596 g/mol. The van der Waals surface area contributed by atoms with Crippen LogP contribution >= 0.6 is 22.9 Å². The smallest absolute Gasteiger partial charge is 0.489 e. The summed E-state index contributed by atoms with van der Waals surface area (Å²) in [4.78, 5) is 15.2. The highest BCUT2D eigenvalue weighted by atomic mass is 35.5. The van der Waals surface area contributed by atoms with Crippen LogP contribution in [0.4, 0.5) is 22.7 Å². The highest BCUT2D eigenvalue weighted by Gasteiger charge is 2.38. The minimum Gasteiger partial charge on any atom is -0.489 e. The first-order valence-corrected chi connectivity index (χ1v) is 13.7. The molecule has 0 saturated carbocycles. The molecule has 15 heteroatoms. The number of aromatic nitrogens is 1. The van der Waals surface area contributed by atoms with E-state index >= 15 is 0 Å². The zero-order valence-electron chi connectivity index (χ0n) is 19.5. The molecule has 1 aliphatic rings. The Bertz CT molecular complexity index is 1320. The fourth-order valence-electron chi connectivity index (χ4n) is 3.40. The molecule has 206 valence electrons. The largest absolute Gasteiger partial charge is 0.490 e. The molecule has 2 heterocycles. The first kappa shape index (κ1) is 29.6. The number of nitrogens with zero attached hydrogens (tertiary/aromatic N) is 2. The topological polar surface area (TPSA) is 109 Å². The molecule has 0 aliphatic carbocycles. The lowest BCUT2D eigenvalue weighted by molar-refractivity contribution is -0.192. The van der Waals surface area contributed by atoms with E-state index in [1.165, 1.54) is 41.8 Å². The van der Waals surface area contributed by atoms with Crippen LogP contribution in [0.1, 0.15) is 18.4 Å². The molecule has 0 spiro atoms. The average Bonchev–Trinajstić information content (AvgIpc) is 3.35. The summed E-state index contributed by atoms with van der Waals surface area (Å²) >= 11 is 7.51. The molecule has 1 fully saturated rings. The number of hydrogen-bond donors (Lipinski definition) is 2. The molecule has 8 nitrogen and oxygen atoms in total. The second-order valence-electron chi connectivity index (χ2n) is 8.06. The second-order valence-corrected chi connectivity index (χ2v) is 11.0. The van der Waals surface area contributed by atoms with E-state index in [-0.39, 0.29) is 21.8 Å². The van der Waals surface area contributed by atoms with Crippen LogP contribution in [0.3, 0.4) is 0 Å². The van der Waals surface area contributed by atoms with E-state index in [0.29, 0.717) is 10.9 Å². The lowest BCUT2D eigenvalue weighted by Crippen LogP contribution is -2.37. The zero-order valence-corrected chi connectivity index (χ0v) is 21.9. The summed E-state index contributed by atoms with van der Waals surface area (Å²) in [6.45, 7) is 2.47. The van der Waals surface area contributed by atoms with Crippen molar-refractivity contribution in [1.82, 2.24) is 9.88 Å². The molecule has 0 unspecified atom stereocenters. The van der Waals surface area contributed by atoms with Crippen molar-refractivity contribution in [3.05, 3.63) is 70.4 Å². The molecule has 1 aliphatic heterocycles. The van der Waals surface area contributed by atoms with Crippen molar-refractivity contribution in [1.29, 1.82) is 0 Å². The lowest BCUT2D eigenvalue weighted by atomic mass is 10.1. The highest BCUT2D eigenvalue weighted by molar-refractivity contribution is 7.93. The van der Waals surface area contributed by atoms with Gasteiger partial charge in [0.1, 0.15) is 17.7 Å². The minimum atomic E-state index is -5.08. The van der Waals surface area contributed by atoms with Crippen molar-refractivity contribution >= 4 is 44.1 Å². The number of hydrogen-bond acceptors (Lipinski definition) is 7. The predicted octanol–water partition coefficient (Wildman–Crippen LogP) is 5.41. The van der Waals surface area contributed by atoms with Crippen LogP contribution < -0.4 is 9.46 Å². The third kappa shape index (κ3) is 8.82. The Morgan fingerprint density at radius 1 is 1.18 bits per heavy atom. The Kier molecular flexibility index (Phi) is 9.93. The maximum atomic E-state index is 13.1. The van der Waals surface area contributed by atoms with Gasteiger partial charge in [-0.1, -0.05) is 23.7 Å². The lowest BCUT2D eigenvalue weighted by Gasteiger charge is -2.32. The number of piperidine rings is 1. The van der Waals surface area contributed by atoms with Gasteiger partial charge in [0.25, 0.3) is 10.0 Å². The number of anilines is 1. The molecule has 0 radical (unpaired) electrons. The van der Waals surface area contributed by atoms with E-state index < -0.39 is 22.2 Å². The molecule has 0 atom stereocenters. The molecule has 38 heavy (non-hydrogen) atoms. The molecule has 4 rings (SSSR count). The Morgan fingerprint density at radius 2 is 1.82 bits per heavy atom. The van der Waals surface area contributed by atoms with Crippen molar-refractivity contribution in [3.63, 3.8) is 0 Å². The molecule has 2 N–H and O–H groups in total. The molecular formula is C23H22ClF4N3O5S2. The van der Waals surface area contributed by atoms with Crippen LogP contribution in [-0.2, 0) is 21.4 Å². The van der Waals surface area contributed by atoms with Gasteiger partial charge in [0.05, 0.1) is 9.92 Å². The van der Waals surface area contributed by atoms with Crippen molar-refractivity contribution in [2.45, 2.75) is 36.6 Å². The van der Waals surface area contributed by atoms with Crippen LogP contribution in [0.25, 0.3) is 0 Å². The third-order valence-corrected chi connectivity index (χ3v) is 7.71. The number of carboxylic acid groups (broad SMARTS) is 1. The Balaban J connectivity index is 0.000000505. The van der Waals surface area contributed by atoms with Crippen molar-refractivity contribution in [2.24, 2.45) is 0 Å². The number of alkyl halides is 3. The number of aliphatic carboxylic acids is 1. The summed E-state index contributed by atoms with van der Waals surface area (Å²) in [5.41, 5.74) is 1.08. The molecule has 2 aromatic carbocycles. The molecule has 1 saturated heterocycles. The first-order chi connectivity index (χ1) is 17.8. The van der Waals surface area contributed by atoms with E-state index in [4.69, 9.17) is 26.2 Å². The number of likely N-dealkylation sites (tertiary alicyclic amines) is 1. The van der Waals surface area contributed by atoms with Gasteiger partial charge in [0, 0.05) is 31.2 Å². The number of carbonyl (C=O) groups is 1. The summed E-state index contributed by atoms with van der Waals surface area (Å²) in [6.07, 6.45) is -1.91. The van der Waals surface area contributed by atoms with Crippen LogP contribution in [-0.4, -0.2) is 54.7 Å². The number of nitrogens with one attached hydrogen (secondary N) is 1. The maximum Gasteiger partial charge on any atom is 0.490 e. The maximum absolute atomic E-state index is 13.1. The van der Waals surface area contributed by atoms with Crippen LogP contribution in [0.2, 0.25) is 5.02 Å². The van der Waals surface area contributed by atoms with Crippen molar-refractivity contribution < 1.29 is 40.6 Å². The highest BCUT2D eigenvalue weighted by Crippen LogP contribution is 2.31. The normalized spacial score (nSPS) is 14.9. The summed E-state index contributed by atoms with van der Waals surface area (Å²) in [7, 11) is -3.77. The van der Waals surface area contributed by atoms with E-state index in [9.17, 15) is 26.0 Å². The number of halogens is 5. The van der Waals surface area contributed by atoms with E-state index in [1.54, 1.807) is 23.6 Å². The summed E-state index contributed by atoms with van der Waals surface area (Å²) in [5, 5.41) is 9.35. The number of sulfonamides is 1. The SMILES string of the molecule is O=C(O)C(F)(F)F.O=S(=O)(Nc1nccs1)c1ccc(OC2CCN(Cc3ccc(F)cc3)CC2)c(Cl)c1. The van der Waals surface area contributed by atoms with Gasteiger partial charge in [0.2, 0.25) is 0 Å². The molecule has 0 bridgehead atoms. The predicted molar refractivity (Wildman–Crippen MR) is 133 cm³/mol. The number of rotatable bonds is 7. The number of ether oxygens (including phenoxy) is 1. The van der Waals surface area contributed by atoms with Gasteiger partial charge in [-0.05, 0) is 48.7 Å². The summed E-state index contributed by atoms with van der Waals surface area (Å²) < 4.78 is 78.2. The minimum absolute atomic E-state index is 0.00197. The zero-order chi connectivity index (χ0) is 27.9. The van der Waals surface area contributed by atoms with Gasteiger partial charge in [-0.3, -0.25) is 9.62 Å². The Morgan fingerprint density at radius 3 is 2.34 bits per heavy atom. The Labute approximate surface area is 224 Å². The van der Waals surface area contributed by atoms with E-state index in [1.807, 2.05) is 0 Å². The Hall–Kier alpha value is -2.94. The second kappa shape index (κ2) is 12.7. The van der Waals surface area contributed by atoms with Crippen LogP contribution in [0, 0.1) is 5.82 Å². The number of thiazole rings is 1. The van der Waals surface area contributed by atoms with E-state index in [0.717, 1.165) is 38.0 Å². The number of benzene rings is 2. The standard InChI is InChI=1S/C21H21ClFN3O3S2.C2HF3O2/c22-19-13-18(31(27,28)25-21-24-9-12-30-21)5-6-20(19)29-17-7-10-26(11-8-17)14-15-1-3-16(23)4-2-15;3-2(4,5)1(6)7/h1-6,9,12-13,17H,7-8,10-11,14H2,(H,24,25);(H,6,7). The van der Waals surface area contributed by atoms with Gasteiger partial charge in [-0.25, -0.2) is 22.6 Å². The van der Waals surface area contributed by atoms with Crippen molar-refractivity contribution in [3.8, 4) is 5.75 Å². The first-order valence-electron chi connectivity index (χ1n) is 11.0. The summed E-state index contributed by atoms with van der Waals surface area (Å²) in [6, 6.07) is 11.0. The summed E-state index contributed by atoms with van der Waals surface area (Å²) in [5.74, 6) is -2.52. The van der Waals surface area contributed by atoms with Gasteiger partial charge < -0.3 is 9.84 Å². The van der Waals surface area contributed by atoms with Crippen LogP contribution in [0.5, 0.6) is 5.75 Å². The molecule has 0 amide bonds. The van der Waals surface area contributed by atoms with Gasteiger partial charge in [-0.15, -0.1) is 11.3 Å².